The number of alkyl carbamates (subject to hydrolysis) is 1. The summed E-state index contributed by atoms with van der Waals surface area (Å²) in [7, 11) is 0. The Morgan fingerprint density at radius 1 is 1.00 bits per heavy atom. The van der Waals surface area contributed by atoms with Gasteiger partial charge >= 0.3 is 12.2 Å². The number of carbonyl (C=O) groups is 3. The van der Waals surface area contributed by atoms with Crippen molar-refractivity contribution in [3.8, 4) is 0 Å². The summed E-state index contributed by atoms with van der Waals surface area (Å²) in [6, 6.07) is 10.6. The number of aliphatic hydroxyl groups excluding tert-OH is 1. The quantitative estimate of drug-likeness (QED) is 0.207. The minimum atomic E-state index is -0.947. The molecule has 1 aliphatic heterocycles. The first-order valence-electron chi connectivity index (χ1n) is 12.7. The predicted molar refractivity (Wildman–Crippen MR) is 147 cm³/mol. The number of hydrogen-bond donors (Lipinski definition) is 2. The highest BCUT2D eigenvalue weighted by atomic mass is 32.2. The highest BCUT2D eigenvalue weighted by Gasteiger charge is 2.40. The topological polar surface area (TPSA) is 191 Å². The molecule has 1 fully saturated rings. The maximum Gasteiger partial charge on any atom is 0.410 e. The van der Waals surface area contributed by atoms with Gasteiger partial charge in [-0.3, -0.25) is 25.0 Å². The van der Waals surface area contributed by atoms with Gasteiger partial charge in [-0.2, -0.15) is 0 Å². The number of thioether (sulfide) groups is 1. The molecular weight excluding hydrogens is 560 g/mol. The number of ether oxygens (including phenoxy) is 2. The summed E-state index contributed by atoms with van der Waals surface area (Å²) in [4.78, 5) is 58.4. The first-order valence-corrected chi connectivity index (χ1v) is 13.6. The monoisotopic (exact) mass is 590 g/mol. The van der Waals surface area contributed by atoms with Crippen LogP contribution < -0.4 is 5.32 Å². The van der Waals surface area contributed by atoms with E-state index in [1.807, 2.05) is 0 Å². The second-order valence-corrected chi connectivity index (χ2v) is 10.8. The summed E-state index contributed by atoms with van der Waals surface area (Å²) in [5.74, 6) is 0. The van der Waals surface area contributed by atoms with Crippen molar-refractivity contribution in [2.24, 2.45) is 0 Å². The highest BCUT2D eigenvalue weighted by Crippen LogP contribution is 2.31. The zero-order valence-corrected chi connectivity index (χ0v) is 23.0. The largest absolute Gasteiger partial charge is 0.445 e. The van der Waals surface area contributed by atoms with Crippen molar-refractivity contribution in [3.05, 3.63) is 79.9 Å². The number of nitrogens with zero attached hydrogens (tertiary/aromatic N) is 3. The van der Waals surface area contributed by atoms with Gasteiger partial charge in [-0.25, -0.2) is 9.59 Å². The molecule has 220 valence electrons. The first kappa shape index (κ1) is 31.3. The molecule has 0 radical (unpaired) electrons. The van der Waals surface area contributed by atoms with E-state index in [1.54, 1.807) is 0 Å². The molecule has 2 aromatic rings. The van der Waals surface area contributed by atoms with E-state index in [0.29, 0.717) is 24.0 Å². The van der Waals surface area contributed by atoms with Crippen molar-refractivity contribution < 1.29 is 38.8 Å². The molecule has 1 saturated heterocycles. The van der Waals surface area contributed by atoms with Gasteiger partial charge in [-0.05, 0) is 54.7 Å². The van der Waals surface area contributed by atoms with Crippen LogP contribution in [0.4, 0.5) is 21.0 Å². The summed E-state index contributed by atoms with van der Waals surface area (Å²) < 4.78 is 10.5. The van der Waals surface area contributed by atoms with E-state index in [9.17, 15) is 39.7 Å². The molecule has 41 heavy (non-hydrogen) atoms. The van der Waals surface area contributed by atoms with Gasteiger partial charge in [-0.1, -0.05) is 11.8 Å². The zero-order valence-electron chi connectivity index (χ0n) is 22.2. The molecule has 0 aliphatic carbocycles. The van der Waals surface area contributed by atoms with Crippen molar-refractivity contribution in [2.45, 2.75) is 56.8 Å². The Morgan fingerprint density at radius 2 is 1.54 bits per heavy atom. The van der Waals surface area contributed by atoms with Crippen molar-refractivity contribution >= 4 is 40.4 Å². The van der Waals surface area contributed by atoms with Crippen LogP contribution in [-0.4, -0.2) is 67.6 Å². The second-order valence-electron chi connectivity index (χ2n) is 9.30. The minimum absolute atomic E-state index is 0.0680. The average molecular weight is 591 g/mol. The van der Waals surface area contributed by atoms with E-state index >= 15 is 0 Å². The number of nitro benzene ring substituents is 2. The molecule has 0 bridgehead atoms. The van der Waals surface area contributed by atoms with E-state index < -0.39 is 34.2 Å². The van der Waals surface area contributed by atoms with Crippen LogP contribution in [0.25, 0.3) is 0 Å². The van der Waals surface area contributed by atoms with Crippen LogP contribution in [0.1, 0.15) is 37.3 Å². The Labute approximate surface area is 239 Å². The molecule has 2 amide bonds. The first-order chi connectivity index (χ1) is 19.5. The predicted octanol–water partition coefficient (Wildman–Crippen LogP) is 3.93. The summed E-state index contributed by atoms with van der Waals surface area (Å²) in [6.07, 6.45) is -1.31. The third-order valence-electron chi connectivity index (χ3n) is 6.29. The molecule has 3 rings (SSSR count). The fourth-order valence-electron chi connectivity index (χ4n) is 4.27. The lowest BCUT2D eigenvalue weighted by Gasteiger charge is -2.28. The molecule has 0 aromatic heterocycles. The smallest absolute Gasteiger partial charge is 0.410 e. The lowest BCUT2D eigenvalue weighted by Crippen LogP contribution is -2.43. The lowest BCUT2D eigenvalue weighted by atomic mass is 10.0. The van der Waals surface area contributed by atoms with Gasteiger partial charge in [0.1, 0.15) is 13.2 Å². The summed E-state index contributed by atoms with van der Waals surface area (Å²) >= 11 is 1.09. The van der Waals surface area contributed by atoms with Crippen LogP contribution in [-0.2, 0) is 27.5 Å². The molecular formula is C26H30N4O10S. The average Bonchev–Trinajstić information content (AvgIpc) is 3.36. The van der Waals surface area contributed by atoms with Gasteiger partial charge in [0.2, 0.25) is 0 Å². The highest BCUT2D eigenvalue weighted by molar-refractivity contribution is 8.14. The molecule has 3 atom stereocenters. The third kappa shape index (κ3) is 9.72. The van der Waals surface area contributed by atoms with Crippen molar-refractivity contribution in [1.82, 2.24) is 10.2 Å². The van der Waals surface area contributed by atoms with E-state index in [2.05, 4.69) is 5.32 Å². The second kappa shape index (κ2) is 14.9. The van der Waals surface area contributed by atoms with Crippen LogP contribution in [0.3, 0.4) is 0 Å². The number of rotatable bonds is 12. The number of likely N-dealkylation sites (tertiary alicyclic amines) is 1. The molecule has 15 heteroatoms. The number of nitro groups is 2. The van der Waals surface area contributed by atoms with Crippen molar-refractivity contribution in [3.63, 3.8) is 0 Å². The van der Waals surface area contributed by atoms with E-state index in [4.69, 9.17) is 9.47 Å². The molecule has 0 saturated carbocycles. The molecule has 0 unspecified atom stereocenters. The van der Waals surface area contributed by atoms with Crippen LogP contribution in [0.2, 0.25) is 0 Å². The summed E-state index contributed by atoms with van der Waals surface area (Å²) in [6.45, 7) is 1.64. The zero-order chi connectivity index (χ0) is 29.9. The standard InChI is InChI=1S/C26H30N4O10S/c1-17(31)41-22-13-23(28(14-22)26(34)40-16-19-6-10-21(11-7-19)30(37)38)24(32)3-2-12-27-25(33)39-15-18-4-8-20(9-5-18)29(35)36/h4-11,22-24,32H,2-3,12-16H2,1H3,(H,27,33)/t22-,23-,24-/m0/s1. The molecule has 2 N–H and O–H groups in total. The summed E-state index contributed by atoms with van der Waals surface area (Å²) in [5, 5.41) is 34.6. The van der Waals surface area contributed by atoms with Crippen LogP contribution in [0.15, 0.2) is 48.5 Å². The number of hydrogen-bond acceptors (Lipinski definition) is 11. The number of carbonyl (C=O) groups excluding carboxylic acids is 3. The van der Waals surface area contributed by atoms with Crippen LogP contribution in [0, 0.1) is 20.2 Å². The Hall–Kier alpha value is -4.24. The van der Waals surface area contributed by atoms with Gasteiger partial charge in [-0.15, -0.1) is 0 Å². The van der Waals surface area contributed by atoms with E-state index in [-0.39, 0.29) is 54.5 Å². The Balaban J connectivity index is 1.46. The van der Waals surface area contributed by atoms with E-state index in [0.717, 1.165) is 11.8 Å². The van der Waals surface area contributed by atoms with Gasteiger partial charge in [0.05, 0.1) is 22.0 Å². The maximum atomic E-state index is 12.9. The number of nitrogens with one attached hydrogen (secondary N) is 1. The third-order valence-corrected chi connectivity index (χ3v) is 7.30. The molecule has 2 aromatic carbocycles. The van der Waals surface area contributed by atoms with Gasteiger partial charge in [0.25, 0.3) is 11.4 Å². The number of amides is 2. The molecule has 1 aliphatic rings. The number of aliphatic hydroxyl groups is 1. The molecule has 1 heterocycles. The Kier molecular flexibility index (Phi) is 11.4. The lowest BCUT2D eigenvalue weighted by molar-refractivity contribution is -0.385. The normalized spacial score (nSPS) is 17.0. The fraction of sp³-hybridized carbons (Fsp3) is 0.423. The molecule has 14 nitrogen and oxygen atoms in total. The Bertz CT molecular complexity index is 1240. The number of benzene rings is 2. The molecule has 0 spiro atoms. The fourth-order valence-corrected chi connectivity index (χ4v) is 5.27. The minimum Gasteiger partial charge on any atom is -0.445 e. The van der Waals surface area contributed by atoms with Gasteiger partial charge < -0.3 is 24.8 Å². The van der Waals surface area contributed by atoms with Crippen LogP contribution in [0.5, 0.6) is 0 Å². The SMILES string of the molecule is CC(=O)S[C@H]1C[C@@H]([C@@H](O)CCCNC(=O)OCc2ccc([N+](=O)[O-])cc2)N(C(=O)OCc2ccc([N+](=O)[O-])cc2)C1. The maximum absolute atomic E-state index is 12.9. The van der Waals surface area contributed by atoms with Gasteiger partial charge in [0, 0.05) is 49.5 Å². The van der Waals surface area contributed by atoms with Crippen molar-refractivity contribution in [1.29, 1.82) is 0 Å². The summed E-state index contributed by atoms with van der Waals surface area (Å²) in [5.41, 5.74) is 0.989. The Morgan fingerprint density at radius 3 is 2.05 bits per heavy atom. The van der Waals surface area contributed by atoms with Crippen molar-refractivity contribution in [2.75, 3.05) is 13.1 Å². The van der Waals surface area contributed by atoms with Crippen LogP contribution >= 0.6 is 11.8 Å². The van der Waals surface area contributed by atoms with Gasteiger partial charge in [0.15, 0.2) is 5.12 Å². The number of non-ortho nitro benzene ring substituents is 2. The van der Waals surface area contributed by atoms with E-state index in [1.165, 1.54) is 60.4 Å².